The van der Waals surface area contributed by atoms with Crippen molar-refractivity contribution in [2.45, 2.75) is 5.38 Å². The number of benzene rings is 3. The smallest absolute Gasteiger partial charge is 0.349 e. The molecule has 11 heteroatoms. The SMILES string of the molecule is N#Cc1ccc(NC(=O)c2cc3cccc(NC(=O)C(Cl)c4ccccc4)c3[nH]2)c(-c2noc(=O)[nH]2)c1. The third-order valence-electron chi connectivity index (χ3n) is 5.57. The van der Waals surface area contributed by atoms with Crippen molar-refractivity contribution in [2.24, 2.45) is 0 Å². The number of hydrogen-bond donors (Lipinski definition) is 4. The Labute approximate surface area is 213 Å². The second-order valence-corrected chi connectivity index (χ2v) is 8.42. The fourth-order valence-corrected chi connectivity index (χ4v) is 4.01. The lowest BCUT2D eigenvalue weighted by Gasteiger charge is -2.11. The molecule has 2 heterocycles. The zero-order chi connectivity index (χ0) is 25.9. The largest absolute Gasteiger partial charge is 0.439 e. The molecule has 0 spiro atoms. The van der Waals surface area contributed by atoms with Crippen LogP contribution in [0.4, 0.5) is 11.4 Å². The number of alkyl halides is 1. The van der Waals surface area contributed by atoms with Gasteiger partial charge in [0.1, 0.15) is 11.1 Å². The highest BCUT2D eigenvalue weighted by molar-refractivity contribution is 6.32. The van der Waals surface area contributed by atoms with Gasteiger partial charge in [0.25, 0.3) is 5.91 Å². The molecule has 0 aliphatic carbocycles. The predicted octanol–water partition coefficient (Wildman–Crippen LogP) is 4.55. The van der Waals surface area contributed by atoms with Gasteiger partial charge < -0.3 is 15.6 Å². The average molecular weight is 513 g/mol. The van der Waals surface area contributed by atoms with Gasteiger partial charge in [-0.25, -0.2) is 4.79 Å². The van der Waals surface area contributed by atoms with Crippen LogP contribution in [-0.2, 0) is 4.79 Å². The molecule has 1 atom stereocenters. The number of fused-ring (bicyclic) bond motifs is 1. The van der Waals surface area contributed by atoms with Gasteiger partial charge in [0.15, 0.2) is 5.82 Å². The van der Waals surface area contributed by atoms with E-state index in [1.165, 1.54) is 18.2 Å². The molecule has 5 aromatic rings. The summed E-state index contributed by atoms with van der Waals surface area (Å²) >= 11 is 6.35. The minimum Gasteiger partial charge on any atom is -0.349 e. The number of carbonyl (C=O) groups excluding carboxylic acids is 2. The highest BCUT2D eigenvalue weighted by atomic mass is 35.5. The van der Waals surface area contributed by atoms with Crippen LogP contribution in [0.1, 0.15) is 27.0 Å². The minimum atomic E-state index is -0.896. The maximum Gasteiger partial charge on any atom is 0.439 e. The summed E-state index contributed by atoms with van der Waals surface area (Å²) in [5.41, 5.74) is 2.78. The molecule has 0 saturated carbocycles. The van der Waals surface area contributed by atoms with Crippen molar-refractivity contribution in [1.29, 1.82) is 5.26 Å². The van der Waals surface area contributed by atoms with Crippen LogP contribution < -0.4 is 16.4 Å². The second-order valence-electron chi connectivity index (χ2n) is 7.99. The maximum absolute atomic E-state index is 13.1. The normalized spacial score (nSPS) is 11.6. The van der Waals surface area contributed by atoms with Gasteiger partial charge >= 0.3 is 5.76 Å². The van der Waals surface area contributed by atoms with Crippen molar-refractivity contribution in [1.82, 2.24) is 15.1 Å². The molecule has 0 fully saturated rings. The molecule has 37 heavy (non-hydrogen) atoms. The number of H-pyrrole nitrogens is 2. The standard InChI is InChI=1S/C26H17ClN6O4/c27-21(15-5-2-1-3-6-15)25(35)31-19-8-4-7-16-12-20(29-22(16)19)24(34)30-18-10-9-14(13-28)11-17(18)23-32-26(36)37-33-23/h1-12,21,29H,(H,30,34)(H,31,35)(H,32,33,36). The van der Waals surface area contributed by atoms with Crippen molar-refractivity contribution in [3.05, 3.63) is 100 Å². The van der Waals surface area contributed by atoms with Gasteiger partial charge in [-0.3, -0.25) is 19.1 Å². The third-order valence-corrected chi connectivity index (χ3v) is 6.02. The molecule has 182 valence electrons. The molecule has 4 N–H and O–H groups in total. The number of nitriles is 1. The zero-order valence-corrected chi connectivity index (χ0v) is 19.7. The Hall–Kier alpha value is -5.14. The average Bonchev–Trinajstić information content (AvgIpc) is 3.56. The number of amides is 2. The number of nitrogens with one attached hydrogen (secondary N) is 4. The summed E-state index contributed by atoms with van der Waals surface area (Å²) in [5, 5.41) is 18.2. The van der Waals surface area contributed by atoms with Crippen LogP contribution in [0.2, 0.25) is 0 Å². The van der Waals surface area contributed by atoms with E-state index in [2.05, 4.69) is 30.3 Å². The zero-order valence-electron chi connectivity index (χ0n) is 18.9. The van der Waals surface area contributed by atoms with E-state index in [-0.39, 0.29) is 11.5 Å². The number of nitrogens with zero attached hydrogens (tertiary/aromatic N) is 2. The highest BCUT2D eigenvalue weighted by Gasteiger charge is 2.20. The highest BCUT2D eigenvalue weighted by Crippen LogP contribution is 2.29. The number of rotatable bonds is 6. The number of hydrogen-bond acceptors (Lipinski definition) is 6. The summed E-state index contributed by atoms with van der Waals surface area (Å²) in [6.07, 6.45) is 0. The summed E-state index contributed by atoms with van der Waals surface area (Å²) in [6, 6.07) is 22.4. The molecule has 5 rings (SSSR count). The number of aromatic amines is 2. The molecule has 3 aromatic carbocycles. The molecule has 2 amide bonds. The fourth-order valence-electron chi connectivity index (χ4n) is 3.81. The summed E-state index contributed by atoms with van der Waals surface area (Å²) in [4.78, 5) is 42.8. The number of para-hydroxylation sites is 1. The van der Waals surface area contributed by atoms with Gasteiger partial charge in [-0.05, 0) is 35.9 Å². The quantitative estimate of drug-likeness (QED) is 0.244. The van der Waals surface area contributed by atoms with Gasteiger partial charge in [0.2, 0.25) is 5.91 Å². The third kappa shape index (κ3) is 4.84. The molecule has 0 aliphatic heterocycles. The molecular weight excluding hydrogens is 496 g/mol. The topological polar surface area (TPSA) is 157 Å². The monoisotopic (exact) mass is 512 g/mol. The van der Waals surface area contributed by atoms with Crippen molar-refractivity contribution < 1.29 is 14.1 Å². The van der Waals surface area contributed by atoms with Gasteiger partial charge in [-0.1, -0.05) is 47.6 Å². The fraction of sp³-hybridized carbons (Fsp3) is 0.0385. The molecule has 0 saturated heterocycles. The van der Waals surface area contributed by atoms with Crippen LogP contribution in [0.15, 0.2) is 82.1 Å². The Morgan fingerprint density at radius 1 is 0.973 bits per heavy atom. The van der Waals surface area contributed by atoms with E-state index in [9.17, 15) is 19.6 Å². The summed E-state index contributed by atoms with van der Waals surface area (Å²) in [7, 11) is 0. The number of carbonyl (C=O) groups is 2. The van der Waals surface area contributed by atoms with Crippen LogP contribution in [0.5, 0.6) is 0 Å². The molecule has 0 aliphatic rings. The first kappa shape index (κ1) is 23.6. The number of anilines is 2. The van der Waals surface area contributed by atoms with E-state index >= 15 is 0 Å². The Morgan fingerprint density at radius 2 is 1.78 bits per heavy atom. The molecule has 2 aromatic heterocycles. The van der Waals surface area contributed by atoms with Crippen molar-refractivity contribution in [3.8, 4) is 17.5 Å². The second kappa shape index (κ2) is 9.85. The van der Waals surface area contributed by atoms with E-state index in [0.717, 1.165) is 0 Å². The van der Waals surface area contributed by atoms with Gasteiger partial charge in [-0.15, -0.1) is 11.6 Å². The van der Waals surface area contributed by atoms with E-state index in [1.54, 1.807) is 48.5 Å². The lowest BCUT2D eigenvalue weighted by molar-refractivity contribution is -0.116. The Kier molecular flexibility index (Phi) is 6.28. The first-order valence-electron chi connectivity index (χ1n) is 11.0. The van der Waals surface area contributed by atoms with Gasteiger partial charge in [0.05, 0.1) is 28.5 Å². The Bertz CT molecular complexity index is 1730. The van der Waals surface area contributed by atoms with E-state index < -0.39 is 22.9 Å². The molecular formula is C26H17ClN6O4. The van der Waals surface area contributed by atoms with E-state index in [0.29, 0.717) is 39.0 Å². The van der Waals surface area contributed by atoms with Crippen LogP contribution in [0, 0.1) is 11.3 Å². The molecule has 0 radical (unpaired) electrons. The maximum atomic E-state index is 13.1. The first-order valence-corrected chi connectivity index (χ1v) is 11.4. The lowest BCUT2D eigenvalue weighted by Crippen LogP contribution is -2.17. The summed E-state index contributed by atoms with van der Waals surface area (Å²) in [5.74, 6) is -1.62. The summed E-state index contributed by atoms with van der Waals surface area (Å²) < 4.78 is 4.56. The van der Waals surface area contributed by atoms with Crippen LogP contribution >= 0.6 is 11.6 Å². The first-order chi connectivity index (χ1) is 17.9. The van der Waals surface area contributed by atoms with Crippen molar-refractivity contribution >= 4 is 45.7 Å². The number of aromatic nitrogens is 3. The molecule has 0 bridgehead atoms. The molecule has 1 unspecified atom stereocenters. The van der Waals surface area contributed by atoms with Crippen LogP contribution in [-0.4, -0.2) is 26.9 Å². The van der Waals surface area contributed by atoms with Gasteiger partial charge in [-0.2, -0.15) is 5.26 Å². The van der Waals surface area contributed by atoms with Crippen molar-refractivity contribution in [2.75, 3.05) is 10.6 Å². The van der Waals surface area contributed by atoms with Crippen LogP contribution in [0.3, 0.4) is 0 Å². The van der Waals surface area contributed by atoms with E-state index in [1.807, 2.05) is 12.1 Å². The van der Waals surface area contributed by atoms with Crippen molar-refractivity contribution in [3.63, 3.8) is 0 Å². The van der Waals surface area contributed by atoms with Gasteiger partial charge in [0, 0.05) is 10.9 Å². The molecule has 10 nitrogen and oxygen atoms in total. The lowest BCUT2D eigenvalue weighted by atomic mass is 10.1. The minimum absolute atomic E-state index is 0.0630. The Balaban J connectivity index is 1.41. The Morgan fingerprint density at radius 3 is 2.51 bits per heavy atom. The summed E-state index contributed by atoms with van der Waals surface area (Å²) in [6.45, 7) is 0. The van der Waals surface area contributed by atoms with Crippen LogP contribution in [0.25, 0.3) is 22.3 Å². The van der Waals surface area contributed by atoms with E-state index in [4.69, 9.17) is 11.6 Å². The predicted molar refractivity (Wildman–Crippen MR) is 137 cm³/mol. The number of halogens is 1.